The Morgan fingerprint density at radius 2 is 0.662 bits per heavy atom. The second kappa shape index (κ2) is 14.6. The van der Waals surface area contributed by atoms with Crippen molar-refractivity contribution in [1.82, 2.24) is 13.7 Å². The van der Waals surface area contributed by atoms with Crippen LogP contribution in [0, 0.1) is 0 Å². The van der Waals surface area contributed by atoms with E-state index in [2.05, 4.69) is 147 Å². The number of imide groups is 1. The van der Waals surface area contributed by atoms with Crippen molar-refractivity contribution in [3.8, 4) is 39.3 Å². The van der Waals surface area contributed by atoms with Crippen LogP contribution >= 0.6 is 0 Å². The number of benzene rings is 10. The SMILES string of the molecule is O=C1c2cccc(-n3c4ccc(-n5c6ccccc6c6ccccc65)cc4c4cc(-n5c6ccccc6c6ccccc65)ccc43)c2C(=O)N1c1c(-c2ccccc2)cccc1-c1ccccc1. The monoisotopic (exact) mass is 870 g/mol. The van der Waals surface area contributed by atoms with E-state index in [1.165, 1.54) is 26.4 Å². The van der Waals surface area contributed by atoms with E-state index in [0.29, 0.717) is 22.5 Å². The third-order valence-electron chi connectivity index (χ3n) is 14.0. The highest BCUT2D eigenvalue weighted by Crippen LogP contribution is 2.46. The Hall–Kier alpha value is -9.26. The first-order valence-corrected chi connectivity index (χ1v) is 22.9. The largest absolute Gasteiger partial charge is 0.309 e. The molecule has 14 rings (SSSR count). The Morgan fingerprint density at radius 1 is 0.279 bits per heavy atom. The van der Waals surface area contributed by atoms with Gasteiger partial charge >= 0.3 is 0 Å². The van der Waals surface area contributed by atoms with Gasteiger partial charge in [-0.1, -0.05) is 158 Å². The highest BCUT2D eigenvalue weighted by molar-refractivity contribution is 6.37. The van der Waals surface area contributed by atoms with Gasteiger partial charge in [0.1, 0.15) is 0 Å². The fourth-order valence-electron chi connectivity index (χ4n) is 11.1. The molecule has 1 aliphatic rings. The van der Waals surface area contributed by atoms with Crippen molar-refractivity contribution >= 4 is 82.9 Å². The second-order valence-corrected chi connectivity index (χ2v) is 17.6. The van der Waals surface area contributed by atoms with E-state index in [-0.39, 0.29) is 11.8 Å². The Balaban J connectivity index is 1.03. The van der Waals surface area contributed by atoms with Gasteiger partial charge in [-0.3, -0.25) is 9.59 Å². The predicted molar refractivity (Wildman–Crippen MR) is 278 cm³/mol. The average Bonchev–Trinajstić information content (AvgIpc) is 4.10. The number of amides is 2. The maximum absolute atomic E-state index is 15.6. The van der Waals surface area contributed by atoms with Crippen molar-refractivity contribution in [2.45, 2.75) is 0 Å². The summed E-state index contributed by atoms with van der Waals surface area (Å²) in [6.45, 7) is 0. The molecule has 2 amide bonds. The number of rotatable bonds is 6. The van der Waals surface area contributed by atoms with Crippen LogP contribution in [0.25, 0.3) is 105 Å². The average molecular weight is 871 g/mol. The summed E-state index contributed by atoms with van der Waals surface area (Å²) in [6.07, 6.45) is 0. The van der Waals surface area contributed by atoms with Gasteiger partial charge in [0, 0.05) is 54.8 Å². The molecule has 3 aromatic heterocycles. The van der Waals surface area contributed by atoms with E-state index < -0.39 is 0 Å². The lowest BCUT2D eigenvalue weighted by atomic mass is 9.95. The molecule has 10 aromatic carbocycles. The molecule has 6 nitrogen and oxygen atoms in total. The first kappa shape index (κ1) is 38.1. The maximum Gasteiger partial charge on any atom is 0.268 e. The van der Waals surface area contributed by atoms with Crippen molar-refractivity contribution in [1.29, 1.82) is 0 Å². The van der Waals surface area contributed by atoms with E-state index in [1.54, 1.807) is 6.07 Å². The van der Waals surface area contributed by atoms with E-state index >= 15 is 9.59 Å². The topological polar surface area (TPSA) is 52.2 Å². The summed E-state index contributed by atoms with van der Waals surface area (Å²) in [4.78, 5) is 32.1. The number of carbonyl (C=O) groups is 2. The molecule has 0 fully saturated rings. The molecule has 68 heavy (non-hydrogen) atoms. The molecular weight excluding hydrogens is 833 g/mol. The molecule has 318 valence electrons. The lowest BCUT2D eigenvalue weighted by molar-refractivity contribution is 0.0926. The fourth-order valence-corrected chi connectivity index (χ4v) is 11.1. The van der Waals surface area contributed by atoms with Gasteiger partial charge in [-0.25, -0.2) is 4.90 Å². The molecule has 0 aliphatic carbocycles. The molecule has 0 atom stereocenters. The van der Waals surface area contributed by atoms with Gasteiger partial charge in [0.05, 0.1) is 55.6 Å². The Bertz CT molecular complexity index is 3920. The number of hydrogen-bond acceptors (Lipinski definition) is 2. The van der Waals surface area contributed by atoms with E-state index in [0.717, 1.165) is 77.5 Å². The highest BCUT2D eigenvalue weighted by atomic mass is 16.2. The first-order valence-electron chi connectivity index (χ1n) is 22.9. The number of aromatic nitrogens is 3. The molecule has 13 aromatic rings. The molecular formula is C62H38N4O2. The Morgan fingerprint density at radius 3 is 1.12 bits per heavy atom. The zero-order valence-corrected chi connectivity index (χ0v) is 36.5. The van der Waals surface area contributed by atoms with Crippen molar-refractivity contribution < 1.29 is 9.59 Å². The molecule has 0 saturated carbocycles. The maximum atomic E-state index is 15.6. The van der Waals surface area contributed by atoms with Crippen LogP contribution in [0.15, 0.2) is 231 Å². The van der Waals surface area contributed by atoms with Gasteiger partial charge in [-0.05, 0) is 83.9 Å². The predicted octanol–water partition coefficient (Wildman–Crippen LogP) is 15.1. The summed E-state index contributed by atoms with van der Waals surface area (Å²) in [5.74, 6) is -0.713. The smallest absolute Gasteiger partial charge is 0.268 e. The Kier molecular flexibility index (Phi) is 8.18. The third kappa shape index (κ3) is 5.40. The summed E-state index contributed by atoms with van der Waals surface area (Å²) < 4.78 is 6.88. The molecule has 1 aliphatic heterocycles. The normalized spacial score (nSPS) is 12.7. The summed E-state index contributed by atoms with van der Waals surface area (Å²) in [6, 6.07) is 79.2. The number of fused-ring (bicyclic) bond motifs is 10. The summed E-state index contributed by atoms with van der Waals surface area (Å²) >= 11 is 0. The molecule has 4 heterocycles. The van der Waals surface area contributed by atoms with Gasteiger partial charge in [0.2, 0.25) is 0 Å². The second-order valence-electron chi connectivity index (χ2n) is 17.6. The third-order valence-corrected chi connectivity index (χ3v) is 14.0. The zero-order valence-electron chi connectivity index (χ0n) is 36.5. The van der Waals surface area contributed by atoms with E-state index in [1.807, 2.05) is 91.0 Å². The van der Waals surface area contributed by atoms with E-state index in [9.17, 15) is 0 Å². The fraction of sp³-hybridized carbons (Fsp3) is 0. The van der Waals surface area contributed by atoms with E-state index in [4.69, 9.17) is 0 Å². The first-order chi connectivity index (χ1) is 33.6. The van der Waals surface area contributed by atoms with Crippen LogP contribution in [-0.4, -0.2) is 25.5 Å². The van der Waals surface area contributed by atoms with Crippen LogP contribution in [0.3, 0.4) is 0 Å². The van der Waals surface area contributed by atoms with Crippen LogP contribution < -0.4 is 4.90 Å². The van der Waals surface area contributed by atoms with Crippen LogP contribution in [0.2, 0.25) is 0 Å². The number of hydrogen-bond donors (Lipinski definition) is 0. The standard InChI is InChI=1S/C62H38N4O2/c67-61-49-27-16-32-58(59(49)62(68)66(61)60-43(39-17-3-1-4-18-39)25-15-26-44(60)40-19-5-2-6-20-40)65-56-35-33-41(63-52-28-11-7-21-45(52)46-22-8-12-29-53(46)63)37-50(56)51-38-42(34-36-57(51)65)64-54-30-13-9-23-47(54)48-24-10-14-31-55(48)64/h1-38H. The molecule has 0 N–H and O–H groups in total. The molecule has 0 spiro atoms. The Labute approximate surface area is 390 Å². The molecule has 6 heteroatoms. The molecule has 0 unspecified atom stereocenters. The summed E-state index contributed by atoms with van der Waals surface area (Å²) in [5.41, 5.74) is 13.8. The lowest BCUT2D eigenvalue weighted by Gasteiger charge is -2.23. The van der Waals surface area contributed by atoms with Crippen LogP contribution in [0.1, 0.15) is 20.7 Å². The van der Waals surface area contributed by atoms with Crippen LogP contribution in [0.4, 0.5) is 5.69 Å². The number of nitrogens with zero attached hydrogens (tertiary/aromatic N) is 4. The minimum absolute atomic E-state index is 0.351. The minimum Gasteiger partial charge on any atom is -0.309 e. The zero-order chi connectivity index (χ0) is 45.0. The van der Waals surface area contributed by atoms with Crippen LogP contribution in [-0.2, 0) is 0 Å². The van der Waals surface area contributed by atoms with Crippen molar-refractivity contribution in [3.63, 3.8) is 0 Å². The van der Waals surface area contributed by atoms with Gasteiger partial charge < -0.3 is 13.7 Å². The molecule has 0 radical (unpaired) electrons. The van der Waals surface area contributed by atoms with Gasteiger partial charge in [-0.2, -0.15) is 0 Å². The molecule has 0 bridgehead atoms. The minimum atomic E-state index is -0.361. The van der Waals surface area contributed by atoms with Gasteiger partial charge in [0.15, 0.2) is 0 Å². The van der Waals surface area contributed by atoms with Crippen molar-refractivity contribution in [3.05, 3.63) is 242 Å². The van der Waals surface area contributed by atoms with Crippen molar-refractivity contribution in [2.24, 2.45) is 0 Å². The lowest BCUT2D eigenvalue weighted by Crippen LogP contribution is -2.30. The highest BCUT2D eigenvalue weighted by Gasteiger charge is 2.41. The number of anilines is 1. The van der Waals surface area contributed by atoms with Gasteiger partial charge in [0.25, 0.3) is 11.8 Å². The van der Waals surface area contributed by atoms with Crippen molar-refractivity contribution in [2.75, 3.05) is 4.90 Å². The summed E-state index contributed by atoms with van der Waals surface area (Å²) in [7, 11) is 0. The quantitative estimate of drug-likeness (QED) is 0.156. The number of carbonyl (C=O) groups excluding carboxylic acids is 2. The van der Waals surface area contributed by atoms with Gasteiger partial charge in [-0.15, -0.1) is 0 Å². The summed E-state index contributed by atoms with van der Waals surface area (Å²) in [5, 5.41) is 6.81. The van der Waals surface area contributed by atoms with Crippen LogP contribution in [0.5, 0.6) is 0 Å². The molecule has 0 saturated heterocycles. The number of para-hydroxylation sites is 5.